The van der Waals surface area contributed by atoms with Crippen molar-refractivity contribution >= 4 is 29.9 Å². The highest BCUT2D eigenvalue weighted by atomic mass is 35.5. The Morgan fingerprint density at radius 3 is 2.71 bits per heavy atom. The number of benzene rings is 1. The molecule has 0 spiro atoms. The Hall–Kier alpha value is -0.770. The van der Waals surface area contributed by atoms with Crippen molar-refractivity contribution in [1.29, 1.82) is 0 Å². The van der Waals surface area contributed by atoms with Crippen LogP contribution in [0.3, 0.4) is 0 Å². The molecule has 0 saturated carbocycles. The van der Waals surface area contributed by atoms with Gasteiger partial charge in [0.2, 0.25) is 5.91 Å². The van der Waals surface area contributed by atoms with E-state index in [4.69, 9.17) is 11.6 Å². The molecule has 116 valence electrons. The summed E-state index contributed by atoms with van der Waals surface area (Å²) in [5.74, 6) is -0.0386. The minimum absolute atomic E-state index is 0. The highest BCUT2D eigenvalue weighted by molar-refractivity contribution is 6.27. The van der Waals surface area contributed by atoms with Crippen LogP contribution in [0.25, 0.3) is 0 Å². The predicted octanol–water partition coefficient (Wildman–Crippen LogP) is 2.92. The van der Waals surface area contributed by atoms with Gasteiger partial charge in [0.1, 0.15) is 5.88 Å². The molecule has 1 N–H and O–H groups in total. The van der Waals surface area contributed by atoms with Gasteiger partial charge in [-0.2, -0.15) is 0 Å². The summed E-state index contributed by atoms with van der Waals surface area (Å²) in [6.07, 6.45) is 4.76. The van der Waals surface area contributed by atoms with E-state index in [0.717, 1.165) is 25.9 Å². The maximum absolute atomic E-state index is 11.8. The average Bonchev–Trinajstić information content (AvgIpc) is 3.01. The van der Waals surface area contributed by atoms with Crippen LogP contribution in [0.5, 0.6) is 0 Å². The van der Waals surface area contributed by atoms with Gasteiger partial charge in [-0.15, -0.1) is 24.0 Å². The Morgan fingerprint density at radius 1 is 1.29 bits per heavy atom. The number of carbonyl (C=O) groups is 1. The van der Waals surface area contributed by atoms with E-state index in [-0.39, 0.29) is 30.2 Å². The average molecular weight is 329 g/mol. The Kier molecular flexibility index (Phi) is 5.91. The van der Waals surface area contributed by atoms with Crippen LogP contribution >= 0.6 is 24.0 Å². The maximum atomic E-state index is 11.8. The summed E-state index contributed by atoms with van der Waals surface area (Å²) >= 11 is 5.68. The van der Waals surface area contributed by atoms with Gasteiger partial charge in [0, 0.05) is 6.04 Å². The Balaban J connectivity index is 0.00000161. The predicted molar refractivity (Wildman–Crippen MR) is 88.2 cm³/mol. The third kappa shape index (κ3) is 3.53. The largest absolute Gasteiger partial charge is 0.347 e. The summed E-state index contributed by atoms with van der Waals surface area (Å²) in [7, 11) is 0. The molecule has 3 nitrogen and oxygen atoms in total. The van der Waals surface area contributed by atoms with Crippen molar-refractivity contribution in [1.82, 2.24) is 10.2 Å². The minimum atomic E-state index is -0.0717. The molecule has 0 bridgehead atoms. The molecule has 1 aromatic carbocycles. The monoisotopic (exact) mass is 328 g/mol. The van der Waals surface area contributed by atoms with E-state index in [0.29, 0.717) is 6.04 Å². The highest BCUT2D eigenvalue weighted by Gasteiger charge is 2.35. The van der Waals surface area contributed by atoms with E-state index in [9.17, 15) is 4.79 Å². The number of hydrogen-bond acceptors (Lipinski definition) is 2. The number of halogens is 2. The highest BCUT2D eigenvalue weighted by Crippen LogP contribution is 2.34. The molecular weight excluding hydrogens is 307 g/mol. The van der Waals surface area contributed by atoms with Crippen molar-refractivity contribution in [2.75, 3.05) is 19.0 Å². The van der Waals surface area contributed by atoms with E-state index in [2.05, 4.69) is 34.5 Å². The lowest BCUT2D eigenvalue weighted by atomic mass is 9.83. The second-order valence-electron chi connectivity index (χ2n) is 5.73. The zero-order chi connectivity index (χ0) is 13.9. The fourth-order valence-corrected chi connectivity index (χ4v) is 3.67. The van der Waals surface area contributed by atoms with Crippen molar-refractivity contribution in [3.8, 4) is 0 Å². The summed E-state index contributed by atoms with van der Waals surface area (Å²) in [4.78, 5) is 14.3. The lowest BCUT2D eigenvalue weighted by Gasteiger charge is -2.39. The van der Waals surface area contributed by atoms with E-state index in [1.807, 2.05) is 0 Å². The minimum Gasteiger partial charge on any atom is -0.347 e. The van der Waals surface area contributed by atoms with Gasteiger partial charge in [0.25, 0.3) is 0 Å². The zero-order valence-electron chi connectivity index (χ0n) is 12.1. The molecule has 1 amide bonds. The molecule has 21 heavy (non-hydrogen) atoms. The van der Waals surface area contributed by atoms with Gasteiger partial charge < -0.3 is 5.32 Å². The van der Waals surface area contributed by atoms with Crippen LogP contribution in [0.4, 0.5) is 0 Å². The van der Waals surface area contributed by atoms with Gasteiger partial charge in [-0.3, -0.25) is 9.69 Å². The van der Waals surface area contributed by atoms with Gasteiger partial charge in [0.05, 0.1) is 6.04 Å². The lowest BCUT2D eigenvalue weighted by molar-refractivity contribution is -0.120. The lowest BCUT2D eigenvalue weighted by Crippen LogP contribution is -2.48. The molecule has 1 heterocycles. The molecule has 2 atom stereocenters. The Labute approximate surface area is 137 Å². The number of hydrogen-bond donors (Lipinski definition) is 1. The normalized spacial score (nSPS) is 25.0. The molecule has 5 heteroatoms. The summed E-state index contributed by atoms with van der Waals surface area (Å²) in [6.45, 7) is 2.31. The number of aryl methyl sites for hydroxylation is 1. The molecule has 2 aliphatic rings. The van der Waals surface area contributed by atoms with Crippen molar-refractivity contribution in [2.24, 2.45) is 0 Å². The van der Waals surface area contributed by atoms with Crippen molar-refractivity contribution in [3.05, 3.63) is 35.4 Å². The molecule has 0 radical (unpaired) electrons. The SMILES string of the molecule is Cl.O=C(CCl)NC1c2ccccc2CCC1N1CCCC1. The molecule has 1 saturated heterocycles. The Morgan fingerprint density at radius 2 is 2.00 bits per heavy atom. The number of likely N-dealkylation sites (tertiary alicyclic amines) is 1. The van der Waals surface area contributed by atoms with Crippen molar-refractivity contribution < 1.29 is 4.79 Å². The number of fused-ring (bicyclic) bond motifs is 1. The topological polar surface area (TPSA) is 32.3 Å². The first-order valence-electron chi connectivity index (χ1n) is 7.47. The fourth-order valence-electron chi connectivity index (χ4n) is 3.60. The molecule has 0 aromatic heterocycles. The van der Waals surface area contributed by atoms with E-state index < -0.39 is 0 Å². The van der Waals surface area contributed by atoms with Gasteiger partial charge in [0.15, 0.2) is 0 Å². The number of alkyl halides is 1. The van der Waals surface area contributed by atoms with Crippen LogP contribution in [-0.2, 0) is 11.2 Å². The van der Waals surface area contributed by atoms with Gasteiger partial charge in [-0.25, -0.2) is 0 Å². The molecule has 1 aliphatic carbocycles. The first-order valence-corrected chi connectivity index (χ1v) is 8.00. The van der Waals surface area contributed by atoms with Crippen LogP contribution in [0.1, 0.15) is 36.4 Å². The molecule has 1 aliphatic heterocycles. The first-order chi connectivity index (χ1) is 9.79. The van der Waals surface area contributed by atoms with Crippen LogP contribution in [0.2, 0.25) is 0 Å². The number of nitrogens with one attached hydrogen (secondary N) is 1. The van der Waals surface area contributed by atoms with Crippen molar-refractivity contribution in [3.63, 3.8) is 0 Å². The number of nitrogens with zero attached hydrogens (tertiary/aromatic N) is 1. The quantitative estimate of drug-likeness (QED) is 0.865. The third-order valence-electron chi connectivity index (χ3n) is 4.53. The van der Waals surface area contributed by atoms with E-state index >= 15 is 0 Å². The summed E-state index contributed by atoms with van der Waals surface area (Å²) < 4.78 is 0. The zero-order valence-corrected chi connectivity index (χ0v) is 13.6. The van der Waals surface area contributed by atoms with Gasteiger partial charge in [-0.1, -0.05) is 24.3 Å². The molecule has 1 fully saturated rings. The number of carbonyl (C=O) groups excluding carboxylic acids is 1. The van der Waals surface area contributed by atoms with Crippen molar-refractivity contribution in [2.45, 2.75) is 37.8 Å². The molecule has 3 rings (SSSR count). The van der Waals surface area contributed by atoms with Gasteiger partial charge in [-0.05, 0) is 49.9 Å². The third-order valence-corrected chi connectivity index (χ3v) is 4.77. The number of rotatable bonds is 3. The maximum Gasteiger partial charge on any atom is 0.235 e. The van der Waals surface area contributed by atoms with E-state index in [1.54, 1.807) is 0 Å². The van der Waals surface area contributed by atoms with Gasteiger partial charge >= 0.3 is 0 Å². The second kappa shape index (κ2) is 7.48. The van der Waals surface area contributed by atoms with Crippen LogP contribution < -0.4 is 5.32 Å². The summed E-state index contributed by atoms with van der Waals surface area (Å²) in [6, 6.07) is 8.97. The smallest absolute Gasteiger partial charge is 0.235 e. The molecular formula is C16H22Cl2N2O. The van der Waals surface area contributed by atoms with E-state index in [1.165, 1.54) is 24.0 Å². The molecule has 1 aromatic rings. The summed E-state index contributed by atoms with van der Waals surface area (Å²) in [5, 5.41) is 3.14. The number of amides is 1. The van der Waals surface area contributed by atoms with Crippen LogP contribution in [0, 0.1) is 0 Å². The summed E-state index contributed by atoms with van der Waals surface area (Å²) in [5.41, 5.74) is 2.64. The fraction of sp³-hybridized carbons (Fsp3) is 0.562. The van der Waals surface area contributed by atoms with Crippen LogP contribution in [-0.4, -0.2) is 35.8 Å². The first kappa shape index (κ1) is 16.6. The van der Waals surface area contributed by atoms with Crippen LogP contribution in [0.15, 0.2) is 24.3 Å². The molecule has 2 unspecified atom stereocenters. The standard InChI is InChI=1S/C16H21ClN2O.ClH/c17-11-15(20)18-16-13-6-2-1-5-12(13)7-8-14(16)19-9-3-4-10-19;/h1-2,5-6,14,16H,3-4,7-11H2,(H,18,20);1H. The Bertz CT molecular complexity index is 489. The second-order valence-corrected chi connectivity index (χ2v) is 5.99.